The number of hydrogen-bond acceptors (Lipinski definition) is 4. The van der Waals surface area contributed by atoms with Crippen LogP contribution in [0.3, 0.4) is 0 Å². The smallest absolute Gasteiger partial charge is 0.254 e. The fraction of sp³-hybridized carbons (Fsp3) is 0.450. The van der Waals surface area contributed by atoms with Crippen LogP contribution in [0, 0.1) is 12.8 Å². The highest BCUT2D eigenvalue weighted by Crippen LogP contribution is 2.37. The summed E-state index contributed by atoms with van der Waals surface area (Å²) in [6.07, 6.45) is 5.86. The third-order valence-corrected chi connectivity index (χ3v) is 5.00. The Labute approximate surface area is 147 Å². The van der Waals surface area contributed by atoms with E-state index in [0.717, 1.165) is 43.0 Å². The van der Waals surface area contributed by atoms with Gasteiger partial charge in [0, 0.05) is 18.7 Å². The van der Waals surface area contributed by atoms with Gasteiger partial charge in [0.15, 0.2) is 0 Å². The lowest BCUT2D eigenvalue weighted by molar-refractivity contribution is 0.0944. The van der Waals surface area contributed by atoms with Gasteiger partial charge in [0.05, 0.1) is 17.9 Å². The summed E-state index contributed by atoms with van der Waals surface area (Å²) < 4.78 is 5.80. The molecular weight excluding hydrogens is 314 g/mol. The number of rotatable bonds is 4. The predicted molar refractivity (Wildman–Crippen MR) is 94.8 cm³/mol. The van der Waals surface area contributed by atoms with Gasteiger partial charge in [-0.25, -0.2) is 9.97 Å². The molecule has 1 aromatic heterocycles. The number of carbonyl (C=O) groups excluding carboxylic acids is 1. The van der Waals surface area contributed by atoms with Crippen molar-refractivity contribution < 1.29 is 9.53 Å². The van der Waals surface area contributed by atoms with E-state index in [0.29, 0.717) is 30.6 Å². The standard InChI is InChI=1S/C20H23N3O2/c1-13-17(12-21-19(23-13)15-6-7-15)20(24)22-11-14-8-9-25-18-5-3-2-4-16(18)10-14/h2-5,12,14-15H,6-11H2,1H3,(H,22,24). The van der Waals surface area contributed by atoms with E-state index in [-0.39, 0.29) is 5.91 Å². The number of hydrogen-bond donors (Lipinski definition) is 1. The van der Waals surface area contributed by atoms with Gasteiger partial charge in [0.1, 0.15) is 11.6 Å². The number of para-hydroxylation sites is 1. The minimum absolute atomic E-state index is 0.0849. The van der Waals surface area contributed by atoms with Crippen molar-refractivity contribution in [1.82, 2.24) is 15.3 Å². The van der Waals surface area contributed by atoms with E-state index in [1.165, 1.54) is 5.56 Å². The van der Waals surface area contributed by atoms with Gasteiger partial charge < -0.3 is 10.1 Å². The molecule has 2 heterocycles. The number of ether oxygens (including phenoxy) is 1. The maximum atomic E-state index is 12.5. The van der Waals surface area contributed by atoms with E-state index in [9.17, 15) is 4.79 Å². The second-order valence-electron chi connectivity index (χ2n) is 7.03. The molecule has 5 nitrogen and oxygen atoms in total. The van der Waals surface area contributed by atoms with Gasteiger partial charge in [0.2, 0.25) is 0 Å². The molecule has 0 spiro atoms. The Morgan fingerprint density at radius 1 is 1.28 bits per heavy atom. The first kappa shape index (κ1) is 16.1. The fourth-order valence-electron chi connectivity index (χ4n) is 3.31. The van der Waals surface area contributed by atoms with Crippen LogP contribution in [-0.2, 0) is 6.42 Å². The summed E-state index contributed by atoms with van der Waals surface area (Å²) in [7, 11) is 0. The van der Waals surface area contributed by atoms with E-state index in [1.54, 1.807) is 6.20 Å². The number of aromatic nitrogens is 2. The van der Waals surface area contributed by atoms with Crippen LogP contribution in [0.15, 0.2) is 30.5 Å². The number of nitrogens with zero attached hydrogens (tertiary/aromatic N) is 2. The van der Waals surface area contributed by atoms with Gasteiger partial charge in [-0.2, -0.15) is 0 Å². The zero-order chi connectivity index (χ0) is 17.2. The van der Waals surface area contributed by atoms with Gasteiger partial charge >= 0.3 is 0 Å². The monoisotopic (exact) mass is 337 g/mol. The van der Waals surface area contributed by atoms with Crippen molar-refractivity contribution in [3.63, 3.8) is 0 Å². The topological polar surface area (TPSA) is 64.1 Å². The summed E-state index contributed by atoms with van der Waals surface area (Å²) >= 11 is 0. The highest BCUT2D eigenvalue weighted by atomic mass is 16.5. The molecule has 1 aromatic carbocycles. The molecule has 0 radical (unpaired) electrons. The molecule has 5 heteroatoms. The Morgan fingerprint density at radius 3 is 2.92 bits per heavy atom. The summed E-state index contributed by atoms with van der Waals surface area (Å²) in [5.41, 5.74) is 2.56. The van der Waals surface area contributed by atoms with Crippen molar-refractivity contribution >= 4 is 5.91 Å². The van der Waals surface area contributed by atoms with E-state index in [2.05, 4.69) is 21.4 Å². The van der Waals surface area contributed by atoms with E-state index >= 15 is 0 Å². The van der Waals surface area contributed by atoms with Gasteiger partial charge in [-0.15, -0.1) is 0 Å². The van der Waals surface area contributed by atoms with Crippen LogP contribution in [0.25, 0.3) is 0 Å². The molecule has 2 aromatic rings. The van der Waals surface area contributed by atoms with Crippen molar-refractivity contribution in [3.05, 3.63) is 53.1 Å². The van der Waals surface area contributed by atoms with Crippen molar-refractivity contribution in [2.75, 3.05) is 13.2 Å². The lowest BCUT2D eigenvalue weighted by Crippen LogP contribution is -2.31. The van der Waals surface area contributed by atoms with Crippen LogP contribution in [0.1, 0.15) is 52.6 Å². The molecule has 1 N–H and O–H groups in total. The summed E-state index contributed by atoms with van der Waals surface area (Å²) in [6, 6.07) is 8.14. The average Bonchev–Trinajstić information content (AvgIpc) is 3.46. The second-order valence-corrected chi connectivity index (χ2v) is 7.03. The average molecular weight is 337 g/mol. The SMILES string of the molecule is Cc1nc(C2CC2)ncc1C(=O)NCC1CCOc2ccccc2C1. The minimum atomic E-state index is -0.0849. The molecule has 1 aliphatic carbocycles. The first-order valence-electron chi connectivity index (χ1n) is 9.03. The lowest BCUT2D eigenvalue weighted by Gasteiger charge is -2.15. The Hall–Kier alpha value is -2.43. The van der Waals surface area contributed by atoms with Crippen LogP contribution in [0.4, 0.5) is 0 Å². The minimum Gasteiger partial charge on any atom is -0.493 e. The summed E-state index contributed by atoms with van der Waals surface area (Å²) in [5.74, 6) is 2.64. The zero-order valence-electron chi connectivity index (χ0n) is 14.5. The highest BCUT2D eigenvalue weighted by Gasteiger charge is 2.27. The van der Waals surface area contributed by atoms with Crippen LogP contribution >= 0.6 is 0 Å². The van der Waals surface area contributed by atoms with Gasteiger partial charge in [0.25, 0.3) is 5.91 Å². The van der Waals surface area contributed by atoms with Gasteiger partial charge in [-0.05, 0) is 50.2 Å². The van der Waals surface area contributed by atoms with E-state index < -0.39 is 0 Å². The third-order valence-electron chi connectivity index (χ3n) is 5.00. The maximum Gasteiger partial charge on any atom is 0.254 e. The van der Waals surface area contributed by atoms with Crippen molar-refractivity contribution in [2.45, 2.75) is 38.5 Å². The number of fused-ring (bicyclic) bond motifs is 1. The molecule has 130 valence electrons. The number of carbonyl (C=O) groups is 1. The lowest BCUT2D eigenvalue weighted by atomic mass is 9.97. The Kier molecular flexibility index (Phi) is 4.38. The van der Waals surface area contributed by atoms with Crippen LogP contribution < -0.4 is 10.1 Å². The molecule has 1 saturated carbocycles. The molecule has 1 unspecified atom stereocenters. The maximum absolute atomic E-state index is 12.5. The van der Waals surface area contributed by atoms with E-state index in [1.807, 2.05) is 25.1 Å². The molecule has 1 aliphatic heterocycles. The number of amides is 1. The molecule has 1 amide bonds. The zero-order valence-corrected chi connectivity index (χ0v) is 14.5. The van der Waals surface area contributed by atoms with Crippen LogP contribution in [0.2, 0.25) is 0 Å². The Balaban J connectivity index is 1.38. The van der Waals surface area contributed by atoms with Crippen molar-refractivity contribution in [3.8, 4) is 5.75 Å². The highest BCUT2D eigenvalue weighted by molar-refractivity contribution is 5.94. The number of aryl methyl sites for hydroxylation is 1. The molecule has 25 heavy (non-hydrogen) atoms. The van der Waals surface area contributed by atoms with Gasteiger partial charge in [-0.1, -0.05) is 18.2 Å². The van der Waals surface area contributed by atoms with Crippen LogP contribution in [0.5, 0.6) is 5.75 Å². The number of benzene rings is 1. The third kappa shape index (κ3) is 3.65. The quantitative estimate of drug-likeness (QED) is 0.931. The Bertz CT molecular complexity index is 786. The normalized spacial score (nSPS) is 19.5. The molecule has 2 aliphatic rings. The number of nitrogens with one attached hydrogen (secondary N) is 1. The van der Waals surface area contributed by atoms with Crippen LogP contribution in [-0.4, -0.2) is 29.0 Å². The summed E-state index contributed by atoms with van der Waals surface area (Å²) in [5, 5.41) is 3.06. The molecule has 0 bridgehead atoms. The fourth-order valence-corrected chi connectivity index (χ4v) is 3.31. The molecule has 1 atom stereocenters. The van der Waals surface area contributed by atoms with E-state index in [4.69, 9.17) is 4.74 Å². The predicted octanol–water partition coefficient (Wildman–Crippen LogP) is 3.03. The summed E-state index contributed by atoms with van der Waals surface area (Å²) in [6.45, 7) is 3.22. The van der Waals surface area contributed by atoms with Crippen molar-refractivity contribution in [1.29, 1.82) is 0 Å². The first-order valence-corrected chi connectivity index (χ1v) is 9.03. The molecule has 4 rings (SSSR count). The Morgan fingerprint density at radius 2 is 2.12 bits per heavy atom. The second kappa shape index (κ2) is 6.82. The largest absolute Gasteiger partial charge is 0.493 e. The van der Waals surface area contributed by atoms with Gasteiger partial charge in [-0.3, -0.25) is 4.79 Å². The molecule has 0 saturated heterocycles. The summed E-state index contributed by atoms with van der Waals surface area (Å²) in [4.78, 5) is 21.4. The molecular formula is C20H23N3O2. The van der Waals surface area contributed by atoms with Crippen molar-refractivity contribution in [2.24, 2.45) is 5.92 Å². The first-order chi connectivity index (χ1) is 12.2. The molecule has 1 fully saturated rings.